The quantitative estimate of drug-likeness (QED) is 0.566. The van der Waals surface area contributed by atoms with Crippen LogP contribution in [-0.4, -0.2) is 9.78 Å². The molecule has 0 radical (unpaired) electrons. The average Bonchev–Trinajstić information content (AvgIpc) is 2.96. The van der Waals surface area contributed by atoms with Gasteiger partial charge in [0.25, 0.3) is 0 Å². The first-order valence-electron chi connectivity index (χ1n) is 8.76. The van der Waals surface area contributed by atoms with Crippen LogP contribution in [0.3, 0.4) is 0 Å². The molecule has 0 amide bonds. The SMILES string of the molecule is CCCCC1CCC(C(NN)c2cnn(CCC)c2)CC1. The lowest BCUT2D eigenvalue weighted by Crippen LogP contribution is -2.35. The van der Waals surface area contributed by atoms with Crippen LogP contribution in [0.2, 0.25) is 0 Å². The van der Waals surface area contributed by atoms with Crippen LogP contribution in [0.5, 0.6) is 0 Å². The number of nitrogens with zero attached hydrogens (tertiary/aromatic N) is 2. The third kappa shape index (κ3) is 4.55. The van der Waals surface area contributed by atoms with Crippen LogP contribution in [0.25, 0.3) is 0 Å². The molecule has 1 atom stereocenters. The predicted molar refractivity (Wildman–Crippen MR) is 87.6 cm³/mol. The molecule has 1 saturated carbocycles. The molecular weight excluding hydrogens is 260 g/mol. The molecule has 1 aliphatic carbocycles. The molecule has 0 aromatic carbocycles. The van der Waals surface area contributed by atoms with Gasteiger partial charge in [-0.05, 0) is 31.1 Å². The summed E-state index contributed by atoms with van der Waals surface area (Å²) in [6.45, 7) is 5.45. The van der Waals surface area contributed by atoms with E-state index < -0.39 is 0 Å². The molecule has 0 spiro atoms. The third-order valence-electron chi connectivity index (χ3n) is 4.97. The van der Waals surface area contributed by atoms with Crippen molar-refractivity contribution in [3.63, 3.8) is 0 Å². The minimum atomic E-state index is 0.266. The van der Waals surface area contributed by atoms with E-state index in [1.807, 2.05) is 10.9 Å². The Morgan fingerprint density at radius 1 is 1.29 bits per heavy atom. The molecule has 1 aromatic heterocycles. The highest BCUT2D eigenvalue weighted by atomic mass is 15.3. The summed E-state index contributed by atoms with van der Waals surface area (Å²) in [5.74, 6) is 7.45. The molecule has 3 N–H and O–H groups in total. The lowest BCUT2D eigenvalue weighted by molar-refractivity contribution is 0.213. The molecule has 1 aromatic rings. The largest absolute Gasteiger partial charge is 0.272 e. The van der Waals surface area contributed by atoms with E-state index in [1.165, 1.54) is 50.5 Å². The van der Waals surface area contributed by atoms with Crippen LogP contribution in [0.1, 0.15) is 76.8 Å². The Labute approximate surface area is 129 Å². The van der Waals surface area contributed by atoms with Crippen molar-refractivity contribution in [1.29, 1.82) is 0 Å². The van der Waals surface area contributed by atoms with E-state index >= 15 is 0 Å². The molecule has 0 aliphatic heterocycles. The summed E-state index contributed by atoms with van der Waals surface area (Å²) < 4.78 is 2.03. The van der Waals surface area contributed by atoms with Crippen molar-refractivity contribution in [1.82, 2.24) is 15.2 Å². The molecule has 1 heterocycles. The van der Waals surface area contributed by atoms with Gasteiger partial charge in [0.2, 0.25) is 0 Å². The average molecular weight is 292 g/mol. The number of nitrogens with two attached hydrogens (primary N) is 1. The van der Waals surface area contributed by atoms with Crippen LogP contribution in [0.15, 0.2) is 12.4 Å². The van der Waals surface area contributed by atoms with E-state index in [4.69, 9.17) is 5.84 Å². The summed E-state index contributed by atoms with van der Waals surface area (Å²) in [4.78, 5) is 0. The van der Waals surface area contributed by atoms with Gasteiger partial charge in [0.1, 0.15) is 0 Å². The number of hydrogen-bond acceptors (Lipinski definition) is 3. The normalized spacial score (nSPS) is 24.1. The van der Waals surface area contributed by atoms with Gasteiger partial charge in [-0.2, -0.15) is 5.10 Å². The van der Waals surface area contributed by atoms with Crippen molar-refractivity contribution in [3.05, 3.63) is 18.0 Å². The number of rotatable bonds is 8. The fourth-order valence-corrected chi connectivity index (χ4v) is 3.70. The molecule has 1 unspecified atom stereocenters. The number of hydrazine groups is 1. The summed E-state index contributed by atoms with van der Waals surface area (Å²) >= 11 is 0. The summed E-state index contributed by atoms with van der Waals surface area (Å²) in [5, 5.41) is 4.45. The van der Waals surface area contributed by atoms with E-state index in [2.05, 4.69) is 30.6 Å². The van der Waals surface area contributed by atoms with Crippen molar-refractivity contribution in [2.75, 3.05) is 0 Å². The number of aryl methyl sites for hydroxylation is 1. The first-order chi connectivity index (χ1) is 10.3. The van der Waals surface area contributed by atoms with Gasteiger partial charge in [-0.25, -0.2) is 0 Å². The van der Waals surface area contributed by atoms with Gasteiger partial charge >= 0.3 is 0 Å². The Morgan fingerprint density at radius 3 is 2.67 bits per heavy atom. The first-order valence-corrected chi connectivity index (χ1v) is 8.76. The van der Waals surface area contributed by atoms with Gasteiger partial charge in [-0.3, -0.25) is 16.0 Å². The van der Waals surface area contributed by atoms with E-state index in [9.17, 15) is 0 Å². The second-order valence-corrected chi connectivity index (χ2v) is 6.60. The minimum absolute atomic E-state index is 0.266. The third-order valence-corrected chi connectivity index (χ3v) is 4.97. The zero-order valence-electron chi connectivity index (χ0n) is 13.7. The van der Waals surface area contributed by atoms with E-state index in [1.54, 1.807) is 0 Å². The Kier molecular flexibility index (Phi) is 6.71. The van der Waals surface area contributed by atoms with E-state index in [0.29, 0.717) is 5.92 Å². The van der Waals surface area contributed by atoms with Crippen LogP contribution in [-0.2, 0) is 6.54 Å². The second-order valence-electron chi connectivity index (χ2n) is 6.60. The highest BCUT2D eigenvalue weighted by Gasteiger charge is 2.28. The van der Waals surface area contributed by atoms with Crippen molar-refractivity contribution in [2.24, 2.45) is 17.7 Å². The second kappa shape index (κ2) is 8.54. The van der Waals surface area contributed by atoms with Gasteiger partial charge in [0, 0.05) is 18.3 Å². The van der Waals surface area contributed by atoms with Crippen molar-refractivity contribution < 1.29 is 0 Å². The maximum absolute atomic E-state index is 5.85. The zero-order valence-corrected chi connectivity index (χ0v) is 13.7. The van der Waals surface area contributed by atoms with Crippen LogP contribution >= 0.6 is 0 Å². The Balaban J connectivity index is 1.89. The number of aromatic nitrogens is 2. The van der Waals surface area contributed by atoms with Gasteiger partial charge in [0.05, 0.1) is 12.2 Å². The molecule has 4 heteroatoms. The topological polar surface area (TPSA) is 55.9 Å². The van der Waals surface area contributed by atoms with Crippen LogP contribution < -0.4 is 11.3 Å². The van der Waals surface area contributed by atoms with Crippen LogP contribution in [0, 0.1) is 11.8 Å². The first kappa shape index (κ1) is 16.5. The van der Waals surface area contributed by atoms with Crippen molar-refractivity contribution >= 4 is 0 Å². The lowest BCUT2D eigenvalue weighted by Gasteiger charge is -2.33. The smallest absolute Gasteiger partial charge is 0.0538 e. The predicted octanol–water partition coefficient (Wildman–Crippen LogP) is 3.79. The molecule has 2 rings (SSSR count). The molecular formula is C17H32N4. The van der Waals surface area contributed by atoms with E-state index in [0.717, 1.165) is 18.9 Å². The molecule has 1 fully saturated rings. The molecule has 0 bridgehead atoms. The molecule has 0 saturated heterocycles. The fraction of sp³-hybridized carbons (Fsp3) is 0.824. The number of nitrogens with one attached hydrogen (secondary N) is 1. The van der Waals surface area contributed by atoms with Gasteiger partial charge in [-0.1, -0.05) is 46.0 Å². The molecule has 4 nitrogen and oxygen atoms in total. The Hall–Kier alpha value is -0.870. The van der Waals surface area contributed by atoms with Crippen molar-refractivity contribution in [3.8, 4) is 0 Å². The minimum Gasteiger partial charge on any atom is -0.272 e. The molecule has 1 aliphatic rings. The van der Waals surface area contributed by atoms with Gasteiger partial charge in [0.15, 0.2) is 0 Å². The van der Waals surface area contributed by atoms with Gasteiger partial charge < -0.3 is 0 Å². The van der Waals surface area contributed by atoms with E-state index in [-0.39, 0.29) is 6.04 Å². The fourth-order valence-electron chi connectivity index (χ4n) is 3.70. The molecule has 120 valence electrons. The summed E-state index contributed by atoms with van der Waals surface area (Å²) in [6, 6.07) is 0.266. The number of unbranched alkanes of at least 4 members (excludes halogenated alkanes) is 1. The maximum atomic E-state index is 5.85. The summed E-state index contributed by atoms with van der Waals surface area (Å²) in [6.07, 6.45) is 14.7. The van der Waals surface area contributed by atoms with Crippen molar-refractivity contribution in [2.45, 2.75) is 77.8 Å². The maximum Gasteiger partial charge on any atom is 0.0538 e. The zero-order chi connectivity index (χ0) is 15.1. The summed E-state index contributed by atoms with van der Waals surface area (Å²) in [5.41, 5.74) is 4.30. The van der Waals surface area contributed by atoms with Gasteiger partial charge in [-0.15, -0.1) is 0 Å². The Bertz CT molecular complexity index is 393. The monoisotopic (exact) mass is 292 g/mol. The Morgan fingerprint density at radius 2 is 2.05 bits per heavy atom. The van der Waals surface area contributed by atoms with Crippen LogP contribution in [0.4, 0.5) is 0 Å². The summed E-state index contributed by atoms with van der Waals surface area (Å²) in [7, 11) is 0. The number of hydrogen-bond donors (Lipinski definition) is 2. The lowest BCUT2D eigenvalue weighted by atomic mass is 9.76. The standard InChI is InChI=1S/C17H32N4/c1-3-5-6-14-7-9-15(10-8-14)17(20-18)16-12-19-21(13-16)11-4-2/h12-15,17,20H,3-11,18H2,1-2H3. The highest BCUT2D eigenvalue weighted by molar-refractivity contribution is 5.12. The highest BCUT2D eigenvalue weighted by Crippen LogP contribution is 2.38. The molecule has 21 heavy (non-hydrogen) atoms.